The van der Waals surface area contributed by atoms with E-state index in [0.29, 0.717) is 6.54 Å². The molecule has 5 nitrogen and oxygen atoms in total. The summed E-state index contributed by atoms with van der Waals surface area (Å²) < 4.78 is 0. The van der Waals surface area contributed by atoms with Crippen molar-refractivity contribution in [2.24, 2.45) is 0 Å². The lowest BCUT2D eigenvalue weighted by Crippen LogP contribution is -2.35. The third-order valence-corrected chi connectivity index (χ3v) is 6.61. The highest BCUT2D eigenvalue weighted by molar-refractivity contribution is 8.01. The molecule has 28 heavy (non-hydrogen) atoms. The van der Waals surface area contributed by atoms with Crippen molar-refractivity contribution in [3.63, 3.8) is 0 Å². The second-order valence-corrected chi connectivity index (χ2v) is 8.61. The van der Waals surface area contributed by atoms with Gasteiger partial charge in [0.2, 0.25) is 11.8 Å². The van der Waals surface area contributed by atoms with Crippen molar-refractivity contribution in [1.82, 2.24) is 4.90 Å². The average molecular weight is 396 g/mol. The first-order valence-corrected chi connectivity index (χ1v) is 10.6. The normalized spacial score (nSPS) is 18.5. The summed E-state index contributed by atoms with van der Waals surface area (Å²) in [7, 11) is 1.82. The van der Waals surface area contributed by atoms with E-state index < -0.39 is 5.25 Å². The van der Waals surface area contributed by atoms with Gasteiger partial charge in [0.25, 0.3) is 0 Å². The molecule has 4 rings (SSSR count). The Balaban J connectivity index is 1.41. The summed E-state index contributed by atoms with van der Waals surface area (Å²) in [6.07, 6.45) is 2.64. The number of thioether (sulfide) groups is 1. The SMILES string of the molecule is CN(Cc1ccccc1N1CCCC1)C(=O)CC1Sc2ccccc2NC1=O. The van der Waals surface area contributed by atoms with Crippen molar-refractivity contribution in [1.29, 1.82) is 0 Å². The zero-order valence-electron chi connectivity index (χ0n) is 16.1. The van der Waals surface area contributed by atoms with E-state index in [2.05, 4.69) is 28.4 Å². The molecule has 0 aromatic heterocycles. The molecule has 2 amide bonds. The maximum absolute atomic E-state index is 12.8. The van der Waals surface area contributed by atoms with Crippen LogP contribution in [0.15, 0.2) is 53.4 Å². The predicted octanol–water partition coefficient (Wildman–Crippen LogP) is 3.75. The van der Waals surface area contributed by atoms with Crippen LogP contribution in [0.4, 0.5) is 11.4 Å². The van der Waals surface area contributed by atoms with Gasteiger partial charge in [-0.15, -0.1) is 11.8 Å². The monoisotopic (exact) mass is 395 g/mol. The molecule has 1 atom stereocenters. The first-order chi connectivity index (χ1) is 13.6. The highest BCUT2D eigenvalue weighted by Crippen LogP contribution is 2.37. The maximum atomic E-state index is 12.8. The molecule has 1 unspecified atom stereocenters. The first-order valence-electron chi connectivity index (χ1n) is 9.75. The summed E-state index contributed by atoms with van der Waals surface area (Å²) >= 11 is 1.47. The Kier molecular flexibility index (Phi) is 5.57. The minimum absolute atomic E-state index is 0.0109. The molecule has 0 spiro atoms. The molecule has 2 aliphatic rings. The lowest BCUT2D eigenvalue weighted by atomic mass is 10.1. The van der Waals surface area contributed by atoms with Crippen LogP contribution in [0.25, 0.3) is 0 Å². The van der Waals surface area contributed by atoms with Crippen LogP contribution in [0, 0.1) is 0 Å². The molecule has 1 fully saturated rings. The third-order valence-electron chi connectivity index (χ3n) is 5.34. The number of nitrogens with one attached hydrogen (secondary N) is 1. The van der Waals surface area contributed by atoms with Crippen LogP contribution in [-0.4, -0.2) is 42.1 Å². The van der Waals surface area contributed by atoms with E-state index in [0.717, 1.165) is 29.2 Å². The zero-order valence-corrected chi connectivity index (χ0v) is 16.9. The van der Waals surface area contributed by atoms with E-state index in [1.165, 1.54) is 30.3 Å². The first kappa shape index (κ1) is 18.9. The van der Waals surface area contributed by atoms with Gasteiger partial charge >= 0.3 is 0 Å². The highest BCUT2D eigenvalue weighted by atomic mass is 32.2. The van der Waals surface area contributed by atoms with Crippen LogP contribution in [-0.2, 0) is 16.1 Å². The predicted molar refractivity (Wildman–Crippen MR) is 114 cm³/mol. The van der Waals surface area contributed by atoms with E-state index in [1.54, 1.807) is 4.90 Å². The van der Waals surface area contributed by atoms with Gasteiger partial charge in [-0.1, -0.05) is 30.3 Å². The zero-order chi connectivity index (χ0) is 19.5. The van der Waals surface area contributed by atoms with Crippen molar-refractivity contribution in [2.75, 3.05) is 30.4 Å². The van der Waals surface area contributed by atoms with Gasteiger partial charge in [0.05, 0.1) is 10.9 Å². The summed E-state index contributed by atoms with van der Waals surface area (Å²) in [4.78, 5) is 30.4. The number of hydrogen-bond acceptors (Lipinski definition) is 4. The second-order valence-electron chi connectivity index (χ2n) is 7.37. The van der Waals surface area contributed by atoms with E-state index >= 15 is 0 Å². The Hall–Kier alpha value is -2.47. The fraction of sp³-hybridized carbons (Fsp3) is 0.364. The highest BCUT2D eigenvalue weighted by Gasteiger charge is 2.30. The summed E-state index contributed by atoms with van der Waals surface area (Å²) in [5.41, 5.74) is 3.21. The molecule has 6 heteroatoms. The molecular formula is C22H25N3O2S. The van der Waals surface area contributed by atoms with Gasteiger partial charge in [0, 0.05) is 43.7 Å². The van der Waals surface area contributed by atoms with Gasteiger partial charge in [-0.2, -0.15) is 0 Å². The molecular weight excluding hydrogens is 370 g/mol. The van der Waals surface area contributed by atoms with E-state index in [9.17, 15) is 9.59 Å². The van der Waals surface area contributed by atoms with Gasteiger partial charge < -0.3 is 15.1 Å². The van der Waals surface area contributed by atoms with E-state index in [-0.39, 0.29) is 18.2 Å². The molecule has 2 aliphatic heterocycles. The van der Waals surface area contributed by atoms with E-state index in [4.69, 9.17) is 0 Å². The largest absolute Gasteiger partial charge is 0.371 e. The second kappa shape index (κ2) is 8.27. The van der Waals surface area contributed by atoms with Crippen LogP contribution in [0.5, 0.6) is 0 Å². The third kappa shape index (κ3) is 4.02. The summed E-state index contributed by atoms with van der Waals surface area (Å²) in [6, 6.07) is 16.0. The number of carbonyl (C=O) groups excluding carboxylic acids is 2. The fourth-order valence-electron chi connectivity index (χ4n) is 3.80. The summed E-state index contributed by atoms with van der Waals surface area (Å²) in [6.45, 7) is 2.71. The molecule has 2 heterocycles. The number of carbonyl (C=O) groups is 2. The molecule has 0 radical (unpaired) electrons. The number of nitrogens with zero attached hydrogens (tertiary/aromatic N) is 2. The van der Waals surface area contributed by atoms with E-state index in [1.807, 2.05) is 37.4 Å². The number of para-hydroxylation sites is 2. The van der Waals surface area contributed by atoms with Gasteiger partial charge in [-0.05, 0) is 36.6 Å². The smallest absolute Gasteiger partial charge is 0.238 e. The molecule has 0 bridgehead atoms. The van der Waals surface area contributed by atoms with Crippen molar-refractivity contribution in [2.45, 2.75) is 36.0 Å². The van der Waals surface area contributed by atoms with Crippen molar-refractivity contribution in [3.05, 3.63) is 54.1 Å². The Morgan fingerprint density at radius 3 is 2.68 bits per heavy atom. The number of rotatable bonds is 5. The van der Waals surface area contributed by atoms with Crippen LogP contribution in [0.3, 0.4) is 0 Å². The van der Waals surface area contributed by atoms with Crippen LogP contribution < -0.4 is 10.2 Å². The van der Waals surface area contributed by atoms with Crippen molar-refractivity contribution >= 4 is 35.0 Å². The molecule has 146 valence electrons. The lowest BCUT2D eigenvalue weighted by Gasteiger charge is -2.27. The van der Waals surface area contributed by atoms with Gasteiger partial charge in [0.1, 0.15) is 0 Å². The van der Waals surface area contributed by atoms with Gasteiger partial charge in [0.15, 0.2) is 0 Å². The molecule has 0 aliphatic carbocycles. The van der Waals surface area contributed by atoms with Gasteiger partial charge in [-0.25, -0.2) is 0 Å². The molecule has 2 aromatic rings. The summed E-state index contributed by atoms with van der Waals surface area (Å²) in [5.74, 6) is -0.105. The summed E-state index contributed by atoms with van der Waals surface area (Å²) in [5, 5.41) is 2.52. The van der Waals surface area contributed by atoms with Crippen LogP contribution in [0.1, 0.15) is 24.8 Å². The minimum Gasteiger partial charge on any atom is -0.371 e. The fourth-order valence-corrected chi connectivity index (χ4v) is 4.90. The number of fused-ring (bicyclic) bond motifs is 1. The standard InChI is InChI=1S/C22H25N3O2S/c1-24(15-16-8-2-4-10-18(16)25-12-6-7-13-25)21(26)14-20-22(27)23-17-9-3-5-11-19(17)28-20/h2-5,8-11,20H,6-7,12-15H2,1H3,(H,23,27). The van der Waals surface area contributed by atoms with Crippen LogP contribution >= 0.6 is 11.8 Å². The topological polar surface area (TPSA) is 52.6 Å². The maximum Gasteiger partial charge on any atom is 0.238 e. The molecule has 1 N–H and O–H groups in total. The quantitative estimate of drug-likeness (QED) is 0.838. The Labute approximate surface area is 170 Å². The Bertz CT molecular complexity index is 880. The Morgan fingerprint density at radius 2 is 1.86 bits per heavy atom. The minimum atomic E-state index is -0.390. The number of amides is 2. The molecule has 1 saturated heterocycles. The Morgan fingerprint density at radius 1 is 1.14 bits per heavy atom. The number of hydrogen-bond donors (Lipinski definition) is 1. The van der Waals surface area contributed by atoms with Gasteiger partial charge in [-0.3, -0.25) is 9.59 Å². The number of anilines is 2. The average Bonchev–Trinajstić information content (AvgIpc) is 3.23. The lowest BCUT2D eigenvalue weighted by molar-refractivity contribution is -0.131. The number of benzene rings is 2. The van der Waals surface area contributed by atoms with Crippen LogP contribution in [0.2, 0.25) is 0 Å². The molecule has 0 saturated carbocycles. The van der Waals surface area contributed by atoms with Crippen molar-refractivity contribution in [3.8, 4) is 0 Å². The van der Waals surface area contributed by atoms with Crippen molar-refractivity contribution < 1.29 is 9.59 Å². The molecule has 2 aromatic carbocycles.